The van der Waals surface area contributed by atoms with Gasteiger partial charge < -0.3 is 11.1 Å². The molecular weight excluding hydrogens is 351 g/mol. The summed E-state index contributed by atoms with van der Waals surface area (Å²) in [5.74, 6) is 0.480. The van der Waals surface area contributed by atoms with Crippen LogP contribution in [0.1, 0.15) is 5.69 Å². The molecule has 3 rings (SSSR count). The van der Waals surface area contributed by atoms with Crippen molar-refractivity contribution in [3.8, 4) is 0 Å². The van der Waals surface area contributed by atoms with E-state index in [-0.39, 0.29) is 4.99 Å². The molecule has 21 heavy (non-hydrogen) atoms. The number of nitrogens with zero attached hydrogens (tertiary/aromatic N) is 4. The molecule has 0 saturated heterocycles. The van der Waals surface area contributed by atoms with Crippen LogP contribution in [0.5, 0.6) is 0 Å². The van der Waals surface area contributed by atoms with Crippen molar-refractivity contribution in [1.29, 1.82) is 0 Å². The second kappa shape index (κ2) is 5.64. The number of nitrogens with one attached hydrogen (secondary N) is 1. The molecule has 1 aromatic carbocycles. The summed E-state index contributed by atoms with van der Waals surface area (Å²) in [6, 6.07) is 1.60. The Balaban J connectivity index is 2.01. The maximum atomic E-state index is 6.20. The number of nitrogens with two attached hydrogens (primary N) is 1. The van der Waals surface area contributed by atoms with Crippen molar-refractivity contribution < 1.29 is 0 Å². The Bertz CT molecular complexity index is 833. The van der Waals surface area contributed by atoms with Crippen LogP contribution in [0.4, 0.5) is 11.5 Å². The van der Waals surface area contributed by atoms with Gasteiger partial charge in [0.05, 0.1) is 39.9 Å². The number of thiocarbonyl (C=S) groups is 1. The minimum Gasteiger partial charge on any atom is -0.388 e. The van der Waals surface area contributed by atoms with E-state index < -0.39 is 0 Å². The number of rotatable bonds is 3. The third-order valence-corrected chi connectivity index (χ3v) is 3.92. The first-order valence-electron chi connectivity index (χ1n) is 5.55. The van der Waals surface area contributed by atoms with Crippen molar-refractivity contribution in [2.45, 2.75) is 0 Å². The van der Waals surface area contributed by atoms with Gasteiger partial charge in [0.1, 0.15) is 27.5 Å². The zero-order valence-electron chi connectivity index (χ0n) is 10.2. The first-order chi connectivity index (χ1) is 10.1. The van der Waals surface area contributed by atoms with Crippen LogP contribution in [0, 0.1) is 0 Å². The van der Waals surface area contributed by atoms with Crippen molar-refractivity contribution in [2.24, 2.45) is 5.73 Å². The molecule has 0 radical (unpaired) electrons. The second-order valence-electron chi connectivity index (χ2n) is 3.95. The number of anilines is 2. The molecule has 0 spiro atoms. The molecule has 2 aromatic heterocycles. The van der Waals surface area contributed by atoms with Gasteiger partial charge in [0.25, 0.3) is 0 Å². The normalized spacial score (nSPS) is 10.8. The Hall–Kier alpha value is -1.61. The van der Waals surface area contributed by atoms with E-state index in [2.05, 4.69) is 24.0 Å². The number of hydrogen-bond donors (Lipinski definition) is 2. The summed E-state index contributed by atoms with van der Waals surface area (Å²) in [5, 5.41) is 3.92. The molecule has 0 saturated carbocycles. The van der Waals surface area contributed by atoms with Gasteiger partial charge >= 0.3 is 0 Å². The summed E-state index contributed by atoms with van der Waals surface area (Å²) >= 11 is 18.1. The fraction of sp³-hybridized carbons (Fsp3) is 0. The summed E-state index contributed by atoms with van der Waals surface area (Å²) in [6.45, 7) is 0. The van der Waals surface area contributed by atoms with Gasteiger partial charge in [-0.05, 0) is 6.07 Å². The highest BCUT2D eigenvalue weighted by atomic mass is 35.5. The number of hydrogen-bond acceptors (Lipinski definition) is 7. The Kier molecular flexibility index (Phi) is 3.85. The highest BCUT2D eigenvalue weighted by Crippen LogP contribution is 2.36. The average Bonchev–Trinajstić information content (AvgIpc) is 2.93. The zero-order valence-corrected chi connectivity index (χ0v) is 13.3. The van der Waals surface area contributed by atoms with Crippen molar-refractivity contribution in [3.63, 3.8) is 0 Å². The lowest BCUT2D eigenvalue weighted by Gasteiger charge is -2.08. The molecule has 0 unspecified atom stereocenters. The molecule has 0 bridgehead atoms. The van der Waals surface area contributed by atoms with Gasteiger partial charge in [-0.15, -0.1) is 0 Å². The molecule has 10 heteroatoms. The molecule has 0 fully saturated rings. The van der Waals surface area contributed by atoms with E-state index >= 15 is 0 Å². The maximum absolute atomic E-state index is 6.20. The van der Waals surface area contributed by atoms with Gasteiger partial charge in [0.15, 0.2) is 0 Å². The molecule has 0 aliphatic carbocycles. The van der Waals surface area contributed by atoms with Crippen LogP contribution in [-0.4, -0.2) is 23.7 Å². The largest absolute Gasteiger partial charge is 0.388 e. The van der Waals surface area contributed by atoms with E-state index in [0.717, 1.165) is 11.7 Å². The molecule has 0 aliphatic heterocycles. The lowest BCUT2D eigenvalue weighted by atomic mass is 10.2. The summed E-state index contributed by atoms with van der Waals surface area (Å²) in [4.78, 5) is 8.45. The maximum Gasteiger partial charge on any atom is 0.149 e. The molecular formula is C11H6Cl2N6S2. The smallest absolute Gasteiger partial charge is 0.149 e. The average molecular weight is 357 g/mol. The third kappa shape index (κ3) is 2.75. The standard InChI is InChI=1S/C11H6Cl2N6S2/c12-4-1-5(13)9-10(19-21-18-9)8(4)17-7-3-15-6(2-16-7)11(14)20/h1-3H,(H2,14,20)(H,16,17). The molecule has 2 heterocycles. The SMILES string of the molecule is NC(=S)c1cnc(Nc2c(Cl)cc(Cl)c3nsnc23)cn1. The highest BCUT2D eigenvalue weighted by molar-refractivity contribution is 7.80. The van der Waals surface area contributed by atoms with Crippen LogP contribution in [-0.2, 0) is 0 Å². The minimum atomic E-state index is 0.185. The highest BCUT2D eigenvalue weighted by Gasteiger charge is 2.14. The molecule has 0 aliphatic rings. The van der Waals surface area contributed by atoms with Gasteiger partial charge in [-0.2, -0.15) is 8.75 Å². The van der Waals surface area contributed by atoms with E-state index in [9.17, 15) is 0 Å². The second-order valence-corrected chi connectivity index (χ2v) is 5.74. The molecule has 3 N–H and O–H groups in total. The van der Waals surface area contributed by atoms with E-state index in [1.165, 1.54) is 12.4 Å². The van der Waals surface area contributed by atoms with Crippen LogP contribution in [0.2, 0.25) is 10.0 Å². The van der Waals surface area contributed by atoms with Crippen LogP contribution in [0.3, 0.4) is 0 Å². The monoisotopic (exact) mass is 356 g/mol. The van der Waals surface area contributed by atoms with Crippen molar-refractivity contribution in [1.82, 2.24) is 18.7 Å². The van der Waals surface area contributed by atoms with E-state index in [4.69, 9.17) is 41.2 Å². The van der Waals surface area contributed by atoms with Crippen LogP contribution >= 0.6 is 47.1 Å². The van der Waals surface area contributed by atoms with E-state index in [1.807, 2.05) is 0 Å². The molecule has 3 aromatic rings. The molecule has 0 atom stereocenters. The summed E-state index contributed by atoms with van der Waals surface area (Å²) in [6.07, 6.45) is 2.98. The Morgan fingerprint density at radius 3 is 2.57 bits per heavy atom. The fourth-order valence-electron chi connectivity index (χ4n) is 1.64. The van der Waals surface area contributed by atoms with Gasteiger partial charge in [0.2, 0.25) is 0 Å². The number of fused-ring (bicyclic) bond motifs is 1. The Morgan fingerprint density at radius 1 is 1.14 bits per heavy atom. The molecule has 106 valence electrons. The lowest BCUT2D eigenvalue weighted by molar-refractivity contribution is 1.18. The number of aromatic nitrogens is 4. The zero-order chi connectivity index (χ0) is 15.0. The topological polar surface area (TPSA) is 89.6 Å². The Morgan fingerprint density at radius 2 is 1.90 bits per heavy atom. The predicted octanol–water partition coefficient (Wildman–Crippen LogP) is 3.17. The molecule has 6 nitrogen and oxygen atoms in total. The molecule has 0 amide bonds. The van der Waals surface area contributed by atoms with Crippen LogP contribution < -0.4 is 11.1 Å². The van der Waals surface area contributed by atoms with Gasteiger partial charge in [-0.3, -0.25) is 0 Å². The summed E-state index contributed by atoms with van der Waals surface area (Å²) < 4.78 is 8.32. The van der Waals surface area contributed by atoms with Gasteiger partial charge in [-0.25, -0.2) is 9.97 Å². The van der Waals surface area contributed by atoms with Gasteiger partial charge in [0, 0.05) is 0 Å². The first-order valence-corrected chi connectivity index (χ1v) is 7.45. The minimum absolute atomic E-state index is 0.185. The quantitative estimate of drug-likeness (QED) is 0.696. The first kappa shape index (κ1) is 14.3. The van der Waals surface area contributed by atoms with E-state index in [1.54, 1.807) is 6.07 Å². The summed E-state index contributed by atoms with van der Waals surface area (Å²) in [7, 11) is 0. The van der Waals surface area contributed by atoms with Crippen molar-refractivity contribution in [3.05, 3.63) is 34.2 Å². The van der Waals surface area contributed by atoms with Crippen LogP contribution in [0.25, 0.3) is 11.0 Å². The third-order valence-electron chi connectivity index (χ3n) is 2.60. The number of benzene rings is 1. The Labute approximate surface area is 138 Å². The predicted molar refractivity (Wildman–Crippen MR) is 88.6 cm³/mol. The van der Waals surface area contributed by atoms with Crippen molar-refractivity contribution >= 4 is 74.7 Å². The lowest BCUT2D eigenvalue weighted by Crippen LogP contribution is -2.12. The van der Waals surface area contributed by atoms with E-state index in [0.29, 0.717) is 38.3 Å². The van der Waals surface area contributed by atoms with Crippen molar-refractivity contribution in [2.75, 3.05) is 5.32 Å². The summed E-state index contributed by atoms with van der Waals surface area (Å²) in [5.41, 5.74) is 7.65. The number of halogens is 2. The van der Waals surface area contributed by atoms with Crippen LogP contribution in [0.15, 0.2) is 18.5 Å². The van der Waals surface area contributed by atoms with Gasteiger partial charge in [-0.1, -0.05) is 35.4 Å². The fourth-order valence-corrected chi connectivity index (χ4v) is 2.91.